The van der Waals surface area contributed by atoms with Gasteiger partial charge in [-0.05, 0) is 37.1 Å². The lowest BCUT2D eigenvalue weighted by Crippen LogP contribution is -2.43. The monoisotopic (exact) mass is 268 g/mol. The molecule has 0 aromatic heterocycles. The van der Waals surface area contributed by atoms with Crippen molar-refractivity contribution in [2.24, 2.45) is 11.8 Å². The molecule has 0 saturated heterocycles. The van der Waals surface area contributed by atoms with Crippen LogP contribution < -0.4 is 0 Å². The third kappa shape index (κ3) is 4.36. The Morgan fingerprint density at radius 2 is 1.94 bits per heavy atom. The van der Waals surface area contributed by atoms with Crippen LogP contribution in [0.15, 0.2) is 12.7 Å². The number of rotatable bonds is 4. The van der Waals surface area contributed by atoms with E-state index in [9.17, 15) is 4.79 Å². The molecule has 1 fully saturated rings. The topological polar surface area (TPSA) is 26.3 Å². The summed E-state index contributed by atoms with van der Waals surface area (Å²) in [4.78, 5) is 11.5. The second-order valence-electron chi connectivity index (χ2n) is 7.24. The SMILES string of the molecule is C=CC1CC(=O)CCC1C(C)(C)O[SiH2]C(C)(C)C. The van der Waals surface area contributed by atoms with E-state index in [0.717, 1.165) is 6.42 Å². The summed E-state index contributed by atoms with van der Waals surface area (Å²) < 4.78 is 6.28. The third-order valence-electron chi connectivity index (χ3n) is 3.79. The van der Waals surface area contributed by atoms with Gasteiger partial charge in [-0.25, -0.2) is 0 Å². The molecule has 0 spiro atoms. The van der Waals surface area contributed by atoms with Gasteiger partial charge in [-0.2, -0.15) is 0 Å². The van der Waals surface area contributed by atoms with Crippen LogP contribution in [0.4, 0.5) is 0 Å². The number of Topliss-reactive ketones (excluding diaryl/α,β-unsaturated/α-hetero) is 1. The van der Waals surface area contributed by atoms with Gasteiger partial charge in [0.25, 0.3) is 0 Å². The summed E-state index contributed by atoms with van der Waals surface area (Å²) in [6.45, 7) is 15.0. The Kier molecular flexibility index (Phi) is 4.95. The molecule has 1 aliphatic carbocycles. The molecule has 0 amide bonds. The van der Waals surface area contributed by atoms with Gasteiger partial charge in [0.15, 0.2) is 9.76 Å². The highest BCUT2D eigenvalue weighted by Crippen LogP contribution is 2.39. The number of carbonyl (C=O) groups is 1. The average molecular weight is 268 g/mol. The van der Waals surface area contributed by atoms with E-state index in [1.165, 1.54) is 0 Å². The predicted octanol–water partition coefficient (Wildman–Crippen LogP) is 3.26. The van der Waals surface area contributed by atoms with Crippen molar-refractivity contribution in [3.05, 3.63) is 12.7 Å². The average Bonchev–Trinajstić information content (AvgIpc) is 2.25. The highest BCUT2D eigenvalue weighted by atomic mass is 28.2. The molecule has 1 rings (SSSR count). The zero-order chi connectivity index (χ0) is 14.0. The number of ketones is 1. The highest BCUT2D eigenvalue weighted by Gasteiger charge is 2.39. The second-order valence-corrected chi connectivity index (χ2v) is 9.94. The zero-order valence-electron chi connectivity index (χ0n) is 12.6. The first kappa shape index (κ1) is 15.6. The van der Waals surface area contributed by atoms with Gasteiger partial charge in [0.1, 0.15) is 5.78 Å². The van der Waals surface area contributed by atoms with Crippen LogP contribution in [0.25, 0.3) is 0 Å². The van der Waals surface area contributed by atoms with E-state index < -0.39 is 9.76 Å². The van der Waals surface area contributed by atoms with Gasteiger partial charge in [-0.15, -0.1) is 6.58 Å². The van der Waals surface area contributed by atoms with Crippen molar-refractivity contribution in [3.8, 4) is 0 Å². The van der Waals surface area contributed by atoms with E-state index in [0.29, 0.717) is 29.6 Å². The second kappa shape index (κ2) is 5.70. The fourth-order valence-corrected chi connectivity index (χ4v) is 3.68. The van der Waals surface area contributed by atoms with Gasteiger partial charge in [0.2, 0.25) is 0 Å². The molecular weight excluding hydrogens is 240 g/mol. The van der Waals surface area contributed by atoms with Gasteiger partial charge >= 0.3 is 0 Å². The smallest absolute Gasteiger partial charge is 0.167 e. The Hall–Kier alpha value is -0.413. The summed E-state index contributed by atoms with van der Waals surface area (Å²) in [5.41, 5.74) is -0.126. The molecule has 18 heavy (non-hydrogen) atoms. The zero-order valence-corrected chi connectivity index (χ0v) is 14.0. The molecule has 2 atom stereocenters. The fraction of sp³-hybridized carbons (Fsp3) is 0.800. The molecule has 1 aliphatic rings. The molecular formula is C15H28O2Si. The number of carbonyl (C=O) groups excluding carboxylic acids is 1. The van der Waals surface area contributed by atoms with E-state index in [-0.39, 0.29) is 11.5 Å². The molecule has 0 bridgehead atoms. The summed E-state index contributed by atoms with van der Waals surface area (Å²) in [5.74, 6) is 1.10. The third-order valence-corrected chi connectivity index (χ3v) is 5.54. The Morgan fingerprint density at radius 3 is 2.44 bits per heavy atom. The summed E-state index contributed by atoms with van der Waals surface area (Å²) in [5, 5.41) is 0.311. The van der Waals surface area contributed by atoms with Crippen molar-refractivity contribution < 1.29 is 9.22 Å². The van der Waals surface area contributed by atoms with Gasteiger partial charge < -0.3 is 4.43 Å². The maximum atomic E-state index is 11.5. The fourth-order valence-electron chi connectivity index (χ4n) is 2.66. The molecule has 3 heteroatoms. The molecule has 0 aliphatic heterocycles. The van der Waals surface area contributed by atoms with Crippen LogP contribution in [-0.2, 0) is 9.22 Å². The Morgan fingerprint density at radius 1 is 1.33 bits per heavy atom. The van der Waals surface area contributed by atoms with Crippen LogP contribution in [-0.4, -0.2) is 21.1 Å². The number of hydrogen-bond acceptors (Lipinski definition) is 2. The number of hydrogen-bond donors (Lipinski definition) is 0. The van der Waals surface area contributed by atoms with Gasteiger partial charge in [0.05, 0.1) is 5.60 Å². The summed E-state index contributed by atoms with van der Waals surface area (Å²) >= 11 is 0. The maximum Gasteiger partial charge on any atom is 0.167 e. The molecule has 104 valence electrons. The molecule has 0 radical (unpaired) electrons. The first-order chi connectivity index (χ1) is 8.15. The van der Waals surface area contributed by atoms with Crippen LogP contribution in [0.3, 0.4) is 0 Å². The van der Waals surface area contributed by atoms with E-state index >= 15 is 0 Å². The van der Waals surface area contributed by atoms with Crippen LogP contribution >= 0.6 is 0 Å². The Balaban J connectivity index is 2.70. The van der Waals surface area contributed by atoms with Gasteiger partial charge in [-0.3, -0.25) is 4.79 Å². The van der Waals surface area contributed by atoms with E-state index in [2.05, 4.69) is 41.2 Å². The Labute approximate surface area is 114 Å². The first-order valence-corrected chi connectivity index (χ1v) is 8.22. The minimum Gasteiger partial charge on any atom is -0.418 e. The highest BCUT2D eigenvalue weighted by molar-refractivity contribution is 6.31. The van der Waals surface area contributed by atoms with E-state index in [1.54, 1.807) is 0 Å². The summed E-state index contributed by atoms with van der Waals surface area (Å²) in [7, 11) is -0.562. The predicted molar refractivity (Wildman–Crippen MR) is 79.5 cm³/mol. The van der Waals surface area contributed by atoms with Gasteiger partial charge in [-0.1, -0.05) is 26.8 Å². The van der Waals surface area contributed by atoms with Gasteiger partial charge in [0, 0.05) is 12.8 Å². The summed E-state index contributed by atoms with van der Waals surface area (Å²) in [6.07, 6.45) is 4.25. The molecule has 2 unspecified atom stereocenters. The maximum absolute atomic E-state index is 11.5. The van der Waals surface area contributed by atoms with Crippen LogP contribution in [0.5, 0.6) is 0 Å². The first-order valence-electron chi connectivity index (χ1n) is 6.94. The largest absolute Gasteiger partial charge is 0.418 e. The van der Waals surface area contributed by atoms with E-state index in [1.807, 2.05) is 6.08 Å². The summed E-state index contributed by atoms with van der Waals surface area (Å²) in [6, 6.07) is 0. The van der Waals surface area contributed by atoms with Crippen molar-refractivity contribution in [2.45, 2.75) is 64.5 Å². The molecule has 0 aromatic rings. The van der Waals surface area contributed by atoms with Crippen molar-refractivity contribution in [2.75, 3.05) is 0 Å². The minimum absolute atomic E-state index is 0.126. The van der Waals surface area contributed by atoms with E-state index in [4.69, 9.17) is 4.43 Å². The minimum atomic E-state index is -0.562. The lowest BCUT2D eigenvalue weighted by molar-refractivity contribution is -0.124. The molecule has 2 nitrogen and oxygen atoms in total. The molecule has 1 saturated carbocycles. The molecule has 0 N–H and O–H groups in total. The van der Waals surface area contributed by atoms with Crippen molar-refractivity contribution in [1.82, 2.24) is 0 Å². The van der Waals surface area contributed by atoms with Crippen molar-refractivity contribution >= 4 is 15.5 Å². The number of allylic oxidation sites excluding steroid dienone is 1. The molecule has 0 heterocycles. The lowest BCUT2D eigenvalue weighted by atomic mass is 9.71. The molecule has 0 aromatic carbocycles. The lowest BCUT2D eigenvalue weighted by Gasteiger charge is -2.42. The van der Waals surface area contributed by atoms with Crippen molar-refractivity contribution in [3.63, 3.8) is 0 Å². The van der Waals surface area contributed by atoms with Crippen molar-refractivity contribution in [1.29, 1.82) is 0 Å². The van der Waals surface area contributed by atoms with Crippen LogP contribution in [0, 0.1) is 11.8 Å². The standard InChI is InChI=1S/C15H28O2Si/c1-7-11-10-12(16)8-9-13(11)15(5,6)17-18-14(2,3)4/h7,11,13H,1,8-10,18H2,2-6H3. The van der Waals surface area contributed by atoms with Crippen LogP contribution in [0.1, 0.15) is 53.9 Å². The Bertz CT molecular complexity index is 315. The normalized spacial score (nSPS) is 26.8. The quantitative estimate of drug-likeness (QED) is 0.578. The van der Waals surface area contributed by atoms with Crippen LogP contribution in [0.2, 0.25) is 5.04 Å².